The van der Waals surface area contributed by atoms with Gasteiger partial charge in [-0.25, -0.2) is 0 Å². The van der Waals surface area contributed by atoms with Crippen molar-refractivity contribution in [1.82, 2.24) is 0 Å². The van der Waals surface area contributed by atoms with Gasteiger partial charge in [0.25, 0.3) is 0 Å². The fourth-order valence-corrected chi connectivity index (χ4v) is 4.17. The van der Waals surface area contributed by atoms with Crippen LogP contribution < -0.4 is 33.5 Å². The summed E-state index contributed by atoms with van der Waals surface area (Å²) < 4.78 is 27.4. The van der Waals surface area contributed by atoms with E-state index in [1.807, 2.05) is 12.1 Å². The predicted molar refractivity (Wildman–Crippen MR) is 107 cm³/mol. The lowest BCUT2D eigenvalue weighted by atomic mass is 10.1. The van der Waals surface area contributed by atoms with Gasteiger partial charge in [-0.1, -0.05) is 0 Å². The van der Waals surface area contributed by atoms with Crippen LogP contribution in [0.25, 0.3) is 0 Å². The number of nitrogens with one attached hydrogen (secondary N) is 2. The van der Waals surface area contributed by atoms with Crippen LogP contribution in [0, 0.1) is 0 Å². The summed E-state index contributed by atoms with van der Waals surface area (Å²) in [4.78, 5) is 3.15. The van der Waals surface area contributed by atoms with E-state index in [1.54, 1.807) is 31.1 Å². The topological polar surface area (TPSA) is 55.0 Å². The molecule has 156 valence electrons. The molecule has 0 aliphatic carbocycles. The van der Waals surface area contributed by atoms with Crippen molar-refractivity contribution >= 4 is 0 Å². The molecule has 0 radical (unpaired) electrons. The summed E-state index contributed by atoms with van der Waals surface area (Å²) in [5.41, 5.74) is 2.42. The van der Waals surface area contributed by atoms with Crippen molar-refractivity contribution in [2.24, 2.45) is 0 Å². The van der Waals surface area contributed by atoms with Gasteiger partial charge in [-0.05, 0) is 30.3 Å². The Morgan fingerprint density at radius 1 is 0.793 bits per heavy atom. The number of methoxy groups -OCH3 is 3. The summed E-state index contributed by atoms with van der Waals surface area (Å²) in [7, 11) is 5.09. The van der Waals surface area contributed by atoms with Crippen LogP contribution in [0.4, 0.5) is 0 Å². The van der Waals surface area contributed by atoms with Crippen LogP contribution in [0.2, 0.25) is 0 Å². The largest absolute Gasteiger partial charge is 0.497 e. The fourth-order valence-electron chi connectivity index (χ4n) is 4.17. The molecule has 2 aliphatic rings. The SMILES string of the molecule is COc1ccc(OC)c(C[NH+]2CC[NH+](Cc3cc(OC)c4c(c3)OCO4)CC2)c1. The Hall–Kier alpha value is -2.64. The molecule has 2 aromatic rings. The molecule has 0 spiro atoms. The second-order valence-corrected chi connectivity index (χ2v) is 7.56. The molecule has 2 aliphatic heterocycles. The fraction of sp³-hybridized carbons (Fsp3) is 0.455. The number of quaternary nitrogens is 2. The summed E-state index contributed by atoms with van der Waals surface area (Å²) in [5, 5.41) is 0. The number of fused-ring (bicyclic) bond motifs is 1. The van der Waals surface area contributed by atoms with Crippen LogP contribution in [0.5, 0.6) is 28.7 Å². The molecule has 2 aromatic carbocycles. The van der Waals surface area contributed by atoms with Crippen LogP contribution in [0.15, 0.2) is 30.3 Å². The smallest absolute Gasteiger partial charge is 0.231 e. The summed E-state index contributed by atoms with van der Waals surface area (Å²) in [5.74, 6) is 4.06. The molecule has 0 atom stereocenters. The van der Waals surface area contributed by atoms with Gasteiger partial charge < -0.3 is 33.5 Å². The molecule has 4 rings (SSSR count). The standard InChI is InChI=1S/C22H28N2O5/c1-25-18-4-5-19(26-2)17(12-18)14-24-8-6-23(7-9-24)13-16-10-20(27-3)22-21(11-16)28-15-29-22/h4-5,10-12H,6-9,13-15H2,1-3H3/p+2. The summed E-state index contributed by atoms with van der Waals surface area (Å²) in [6.45, 7) is 6.66. The molecule has 0 saturated carbocycles. The lowest BCUT2D eigenvalue weighted by Gasteiger charge is -2.30. The van der Waals surface area contributed by atoms with Crippen molar-refractivity contribution in [3.63, 3.8) is 0 Å². The van der Waals surface area contributed by atoms with E-state index in [4.69, 9.17) is 23.7 Å². The van der Waals surface area contributed by atoms with Crippen molar-refractivity contribution < 1.29 is 33.5 Å². The van der Waals surface area contributed by atoms with Crippen molar-refractivity contribution in [2.45, 2.75) is 13.1 Å². The Morgan fingerprint density at radius 2 is 1.52 bits per heavy atom. The molecule has 0 unspecified atom stereocenters. The third-order valence-corrected chi connectivity index (χ3v) is 5.76. The van der Waals surface area contributed by atoms with Gasteiger partial charge in [0.15, 0.2) is 11.5 Å². The molecule has 7 heteroatoms. The van der Waals surface area contributed by atoms with Crippen molar-refractivity contribution in [3.8, 4) is 28.7 Å². The average molecular weight is 402 g/mol. The Balaban J connectivity index is 1.36. The number of ether oxygens (including phenoxy) is 5. The zero-order chi connectivity index (χ0) is 20.2. The van der Waals surface area contributed by atoms with E-state index in [0.717, 1.165) is 62.3 Å². The summed E-state index contributed by atoms with van der Waals surface area (Å²) in [6.07, 6.45) is 0. The third kappa shape index (κ3) is 4.36. The van der Waals surface area contributed by atoms with E-state index in [9.17, 15) is 0 Å². The molecule has 2 heterocycles. The summed E-state index contributed by atoms with van der Waals surface area (Å²) in [6, 6.07) is 10.2. The maximum Gasteiger partial charge on any atom is 0.231 e. The molecule has 7 nitrogen and oxygen atoms in total. The Bertz CT molecular complexity index is 849. The Morgan fingerprint density at radius 3 is 2.21 bits per heavy atom. The van der Waals surface area contributed by atoms with E-state index >= 15 is 0 Å². The van der Waals surface area contributed by atoms with Gasteiger partial charge in [0.2, 0.25) is 12.5 Å². The maximum absolute atomic E-state index is 5.56. The number of piperazine rings is 1. The van der Waals surface area contributed by atoms with Gasteiger partial charge in [0.1, 0.15) is 50.8 Å². The van der Waals surface area contributed by atoms with Gasteiger partial charge in [0, 0.05) is 5.56 Å². The highest BCUT2D eigenvalue weighted by Crippen LogP contribution is 2.41. The van der Waals surface area contributed by atoms with Gasteiger partial charge in [-0.3, -0.25) is 0 Å². The first-order chi connectivity index (χ1) is 14.2. The highest BCUT2D eigenvalue weighted by atomic mass is 16.7. The molecule has 1 saturated heterocycles. The molecule has 0 aromatic heterocycles. The van der Waals surface area contributed by atoms with Crippen molar-refractivity contribution in [3.05, 3.63) is 41.5 Å². The Labute approximate surface area is 171 Å². The zero-order valence-electron chi connectivity index (χ0n) is 17.4. The van der Waals surface area contributed by atoms with Gasteiger partial charge >= 0.3 is 0 Å². The molecule has 2 N–H and O–H groups in total. The van der Waals surface area contributed by atoms with E-state index < -0.39 is 0 Å². The highest BCUT2D eigenvalue weighted by molar-refractivity contribution is 5.54. The molecular weight excluding hydrogens is 372 g/mol. The first-order valence-electron chi connectivity index (χ1n) is 10.0. The first kappa shape index (κ1) is 19.7. The number of rotatable bonds is 7. The second kappa shape index (κ2) is 8.80. The van der Waals surface area contributed by atoms with Crippen LogP contribution in [-0.4, -0.2) is 54.3 Å². The van der Waals surface area contributed by atoms with Crippen LogP contribution >= 0.6 is 0 Å². The minimum Gasteiger partial charge on any atom is -0.497 e. The zero-order valence-corrected chi connectivity index (χ0v) is 17.4. The molecule has 1 fully saturated rings. The number of hydrogen-bond donors (Lipinski definition) is 2. The molecule has 29 heavy (non-hydrogen) atoms. The molecule has 0 bridgehead atoms. The minimum atomic E-state index is 0.262. The second-order valence-electron chi connectivity index (χ2n) is 7.56. The number of hydrogen-bond acceptors (Lipinski definition) is 5. The maximum atomic E-state index is 5.56. The van der Waals surface area contributed by atoms with Crippen molar-refractivity contribution in [2.75, 3.05) is 54.3 Å². The lowest BCUT2D eigenvalue weighted by Crippen LogP contribution is -3.27. The van der Waals surface area contributed by atoms with Crippen LogP contribution in [-0.2, 0) is 13.1 Å². The lowest BCUT2D eigenvalue weighted by molar-refractivity contribution is -1.02. The monoisotopic (exact) mass is 402 g/mol. The Kier molecular flexibility index (Phi) is 5.97. The summed E-state index contributed by atoms with van der Waals surface area (Å²) >= 11 is 0. The van der Waals surface area contributed by atoms with Crippen LogP contribution in [0.1, 0.15) is 11.1 Å². The van der Waals surface area contributed by atoms with E-state index in [-0.39, 0.29) is 6.79 Å². The average Bonchev–Trinajstić information content (AvgIpc) is 3.23. The molecule has 0 amide bonds. The predicted octanol–water partition coefficient (Wildman–Crippen LogP) is -0.0753. The quantitative estimate of drug-likeness (QED) is 0.679. The van der Waals surface area contributed by atoms with Gasteiger partial charge in [-0.15, -0.1) is 0 Å². The van der Waals surface area contributed by atoms with Crippen LogP contribution in [0.3, 0.4) is 0 Å². The van der Waals surface area contributed by atoms with Crippen molar-refractivity contribution in [1.29, 1.82) is 0 Å². The first-order valence-corrected chi connectivity index (χ1v) is 10.0. The highest BCUT2D eigenvalue weighted by Gasteiger charge is 2.26. The normalized spacial score (nSPS) is 20.4. The van der Waals surface area contributed by atoms with E-state index in [2.05, 4.69) is 18.2 Å². The van der Waals surface area contributed by atoms with E-state index in [0.29, 0.717) is 5.75 Å². The third-order valence-electron chi connectivity index (χ3n) is 5.76. The van der Waals surface area contributed by atoms with Gasteiger partial charge in [-0.2, -0.15) is 0 Å². The number of benzene rings is 2. The minimum absolute atomic E-state index is 0.262. The molecular formula is C22H30N2O5+2. The van der Waals surface area contributed by atoms with E-state index in [1.165, 1.54) is 11.1 Å². The van der Waals surface area contributed by atoms with Gasteiger partial charge in [0.05, 0.1) is 26.9 Å².